The van der Waals surface area contributed by atoms with Gasteiger partial charge in [-0.2, -0.15) is 0 Å². The summed E-state index contributed by atoms with van der Waals surface area (Å²) in [4.78, 5) is 22.6. The maximum atomic E-state index is 10.8. The second-order valence-electron chi connectivity index (χ2n) is 2.93. The quantitative estimate of drug-likeness (QED) is 0.686. The fraction of sp³-hybridized carbons (Fsp3) is 0.0909. The Morgan fingerprint density at radius 3 is 2.47 bits per heavy atom. The van der Waals surface area contributed by atoms with E-state index in [1.165, 1.54) is 6.07 Å². The minimum Gasteiger partial charge on any atom is -0.481 e. The first kappa shape index (κ1) is 11.0. The molecule has 1 aromatic carbocycles. The Labute approximate surface area is 86.2 Å². The molecule has 0 bridgehead atoms. The zero-order valence-electron chi connectivity index (χ0n) is 8.23. The summed E-state index contributed by atoms with van der Waals surface area (Å²) >= 11 is 0. The van der Waals surface area contributed by atoms with Crippen LogP contribution in [0.1, 0.15) is 6.92 Å². The van der Waals surface area contributed by atoms with Crippen LogP contribution in [0.5, 0.6) is 0 Å². The van der Waals surface area contributed by atoms with E-state index in [0.29, 0.717) is 0 Å². The van der Waals surface area contributed by atoms with E-state index in [1.807, 2.05) is 30.3 Å². The van der Waals surface area contributed by atoms with Crippen LogP contribution in [0.15, 0.2) is 41.2 Å². The molecule has 0 amide bonds. The smallest absolute Gasteiger partial charge is 0.300 e. The first-order valence-corrected chi connectivity index (χ1v) is 4.37. The lowest BCUT2D eigenvalue weighted by molar-refractivity contribution is -0.134. The molecule has 0 saturated heterocycles. The number of benzene rings is 1. The lowest BCUT2D eigenvalue weighted by Crippen LogP contribution is -2.01. The van der Waals surface area contributed by atoms with E-state index in [9.17, 15) is 4.79 Å². The number of carbonyl (C=O) groups is 1. The summed E-state index contributed by atoms with van der Waals surface area (Å²) in [5, 5.41) is 8.48. The van der Waals surface area contributed by atoms with E-state index in [2.05, 4.69) is 4.98 Å². The molecule has 2 aromatic rings. The van der Waals surface area contributed by atoms with Gasteiger partial charge in [-0.05, 0) is 17.5 Å². The average molecular weight is 205 g/mol. The van der Waals surface area contributed by atoms with Gasteiger partial charge in [-0.25, -0.2) is 0 Å². The number of aliphatic carboxylic acids is 1. The number of hydrogen-bond acceptors (Lipinski definition) is 2. The lowest BCUT2D eigenvalue weighted by atomic mass is 10.2. The first-order chi connectivity index (χ1) is 7.09. The lowest BCUT2D eigenvalue weighted by Gasteiger charge is -1.93. The molecule has 2 N–H and O–H groups in total. The summed E-state index contributed by atoms with van der Waals surface area (Å²) in [7, 11) is 0. The molecule has 0 unspecified atom stereocenters. The van der Waals surface area contributed by atoms with Crippen LogP contribution in [0.2, 0.25) is 0 Å². The van der Waals surface area contributed by atoms with E-state index in [-0.39, 0.29) is 5.56 Å². The molecule has 0 saturated carbocycles. The molecule has 1 heterocycles. The van der Waals surface area contributed by atoms with Gasteiger partial charge in [-0.1, -0.05) is 18.2 Å². The third kappa shape index (κ3) is 3.64. The molecule has 15 heavy (non-hydrogen) atoms. The number of aromatic amines is 1. The fourth-order valence-electron chi connectivity index (χ4n) is 1.10. The number of nitrogens with one attached hydrogen (secondary N) is 1. The molecule has 0 fully saturated rings. The molecular weight excluding hydrogens is 194 g/mol. The highest BCUT2D eigenvalue weighted by atomic mass is 16.4. The second-order valence-corrected chi connectivity index (χ2v) is 2.93. The minimum atomic E-state index is -0.833. The minimum absolute atomic E-state index is 0.0521. The number of para-hydroxylation sites is 1. The average Bonchev–Trinajstić information content (AvgIpc) is 2.16. The zero-order valence-corrected chi connectivity index (χ0v) is 8.23. The van der Waals surface area contributed by atoms with Gasteiger partial charge in [0.2, 0.25) is 5.56 Å². The van der Waals surface area contributed by atoms with Crippen LogP contribution in [0.3, 0.4) is 0 Å². The number of rotatable bonds is 0. The van der Waals surface area contributed by atoms with Crippen LogP contribution < -0.4 is 5.56 Å². The van der Waals surface area contributed by atoms with E-state index >= 15 is 0 Å². The Kier molecular flexibility index (Phi) is 3.62. The van der Waals surface area contributed by atoms with Gasteiger partial charge < -0.3 is 10.1 Å². The molecule has 78 valence electrons. The van der Waals surface area contributed by atoms with Crippen molar-refractivity contribution in [2.45, 2.75) is 6.92 Å². The van der Waals surface area contributed by atoms with Gasteiger partial charge in [0.05, 0.1) is 0 Å². The molecule has 0 spiro atoms. The van der Waals surface area contributed by atoms with Gasteiger partial charge in [-0.3, -0.25) is 9.59 Å². The van der Waals surface area contributed by atoms with E-state index < -0.39 is 5.97 Å². The summed E-state index contributed by atoms with van der Waals surface area (Å²) in [5.41, 5.74) is 0.837. The second kappa shape index (κ2) is 4.95. The molecule has 0 aliphatic carbocycles. The van der Waals surface area contributed by atoms with E-state index in [0.717, 1.165) is 17.8 Å². The van der Waals surface area contributed by atoms with Crippen LogP contribution in [-0.4, -0.2) is 16.1 Å². The Balaban J connectivity index is 0.000000245. The van der Waals surface area contributed by atoms with Crippen molar-refractivity contribution in [2.75, 3.05) is 0 Å². The van der Waals surface area contributed by atoms with Gasteiger partial charge in [0.15, 0.2) is 0 Å². The topological polar surface area (TPSA) is 70.2 Å². The van der Waals surface area contributed by atoms with Crippen LogP contribution in [0.25, 0.3) is 10.9 Å². The third-order valence-corrected chi connectivity index (χ3v) is 1.63. The summed E-state index contributed by atoms with van der Waals surface area (Å²) in [6.45, 7) is 1.08. The number of pyridine rings is 1. The third-order valence-electron chi connectivity index (χ3n) is 1.63. The summed E-state index contributed by atoms with van der Waals surface area (Å²) < 4.78 is 0. The molecule has 0 atom stereocenters. The van der Waals surface area contributed by atoms with Crippen molar-refractivity contribution in [1.82, 2.24) is 4.98 Å². The molecular formula is C11H11NO3. The predicted octanol–water partition coefficient (Wildman–Crippen LogP) is 1.62. The number of H-pyrrole nitrogens is 1. The Morgan fingerprint density at radius 1 is 1.20 bits per heavy atom. The summed E-state index contributed by atoms with van der Waals surface area (Å²) in [6, 6.07) is 11.0. The summed E-state index contributed by atoms with van der Waals surface area (Å²) in [6.07, 6.45) is 0. The van der Waals surface area contributed by atoms with E-state index in [4.69, 9.17) is 9.90 Å². The zero-order chi connectivity index (χ0) is 11.3. The van der Waals surface area contributed by atoms with E-state index in [1.54, 1.807) is 0 Å². The number of fused-ring (bicyclic) bond motifs is 1. The van der Waals surface area contributed by atoms with Gasteiger partial charge in [0, 0.05) is 18.5 Å². The van der Waals surface area contributed by atoms with Crippen molar-refractivity contribution < 1.29 is 9.90 Å². The van der Waals surface area contributed by atoms with Gasteiger partial charge in [0.25, 0.3) is 5.97 Å². The van der Waals surface area contributed by atoms with Crippen molar-refractivity contribution in [3.05, 3.63) is 46.8 Å². The fourth-order valence-corrected chi connectivity index (χ4v) is 1.10. The maximum absolute atomic E-state index is 10.8. The van der Waals surface area contributed by atoms with Crippen molar-refractivity contribution in [3.8, 4) is 0 Å². The highest BCUT2D eigenvalue weighted by Crippen LogP contribution is 2.06. The van der Waals surface area contributed by atoms with Gasteiger partial charge in [0.1, 0.15) is 0 Å². The molecule has 0 aliphatic rings. The Hall–Kier alpha value is -2.10. The van der Waals surface area contributed by atoms with Gasteiger partial charge >= 0.3 is 0 Å². The number of aromatic nitrogens is 1. The van der Waals surface area contributed by atoms with Crippen molar-refractivity contribution in [1.29, 1.82) is 0 Å². The van der Waals surface area contributed by atoms with Crippen molar-refractivity contribution >= 4 is 16.9 Å². The number of carboxylic acid groups (broad SMARTS) is 1. The predicted molar refractivity (Wildman–Crippen MR) is 57.9 cm³/mol. The number of carboxylic acids is 1. The SMILES string of the molecule is CC(=O)O.O=c1ccc2ccccc2[nH]1. The molecule has 0 radical (unpaired) electrons. The molecule has 4 nitrogen and oxygen atoms in total. The van der Waals surface area contributed by atoms with Crippen LogP contribution >= 0.6 is 0 Å². The Morgan fingerprint density at radius 2 is 1.80 bits per heavy atom. The standard InChI is InChI=1S/C9H7NO.C2H4O2/c11-9-6-5-7-3-1-2-4-8(7)10-9;1-2(3)4/h1-6H,(H,10,11);1H3,(H,3,4). The molecule has 4 heteroatoms. The number of hydrogen-bond donors (Lipinski definition) is 2. The van der Waals surface area contributed by atoms with Crippen LogP contribution in [-0.2, 0) is 4.79 Å². The largest absolute Gasteiger partial charge is 0.481 e. The monoisotopic (exact) mass is 205 g/mol. The Bertz CT molecular complexity index is 512. The van der Waals surface area contributed by atoms with Crippen molar-refractivity contribution in [2.24, 2.45) is 0 Å². The van der Waals surface area contributed by atoms with Crippen LogP contribution in [0, 0.1) is 0 Å². The first-order valence-electron chi connectivity index (χ1n) is 4.37. The highest BCUT2D eigenvalue weighted by Gasteiger charge is 1.89. The van der Waals surface area contributed by atoms with Crippen LogP contribution in [0.4, 0.5) is 0 Å². The molecule has 2 rings (SSSR count). The maximum Gasteiger partial charge on any atom is 0.300 e. The normalized spacial score (nSPS) is 9.13. The molecule has 0 aliphatic heterocycles. The highest BCUT2D eigenvalue weighted by molar-refractivity contribution is 5.77. The van der Waals surface area contributed by atoms with Crippen molar-refractivity contribution in [3.63, 3.8) is 0 Å². The summed E-state index contributed by atoms with van der Waals surface area (Å²) in [5.74, 6) is -0.833. The molecule has 1 aromatic heterocycles. The van der Waals surface area contributed by atoms with Gasteiger partial charge in [-0.15, -0.1) is 0 Å².